The van der Waals surface area contributed by atoms with Gasteiger partial charge in [-0.05, 0) is 35.4 Å². The van der Waals surface area contributed by atoms with Crippen molar-refractivity contribution >= 4 is 46.2 Å². The van der Waals surface area contributed by atoms with Gasteiger partial charge in [-0.1, -0.05) is 24.3 Å². The largest absolute Gasteiger partial charge is 0.354 e. The molecule has 0 aliphatic carbocycles. The number of carbonyl (C=O) groups excluding carboxylic acids is 3. The molecular formula is C18H15FN2O3S2. The van der Waals surface area contributed by atoms with Crippen molar-refractivity contribution in [3.63, 3.8) is 0 Å². The Hall–Kier alpha value is -2.45. The van der Waals surface area contributed by atoms with Gasteiger partial charge in [0.2, 0.25) is 5.91 Å². The summed E-state index contributed by atoms with van der Waals surface area (Å²) in [5, 5.41) is 4.16. The molecule has 26 heavy (non-hydrogen) atoms. The Morgan fingerprint density at radius 1 is 1.19 bits per heavy atom. The zero-order valence-corrected chi connectivity index (χ0v) is 15.2. The number of benzene rings is 1. The molecule has 3 amide bonds. The average Bonchev–Trinajstić information content (AvgIpc) is 3.20. The minimum Gasteiger partial charge on any atom is -0.354 e. The van der Waals surface area contributed by atoms with Crippen molar-refractivity contribution in [1.29, 1.82) is 0 Å². The van der Waals surface area contributed by atoms with Crippen LogP contribution in [-0.4, -0.2) is 35.0 Å². The first-order valence-corrected chi connectivity index (χ1v) is 9.53. The summed E-state index contributed by atoms with van der Waals surface area (Å²) in [5.74, 6) is -1.10. The van der Waals surface area contributed by atoms with Crippen molar-refractivity contribution < 1.29 is 18.8 Å². The second-order valence-corrected chi connectivity index (χ2v) is 7.49. The SMILES string of the molecule is O=C(Cc1cccs1)NCCN1C(=O)SC(=Cc2ccccc2F)C1=O. The molecule has 0 unspecified atom stereocenters. The first kappa shape index (κ1) is 18.3. The number of nitrogens with one attached hydrogen (secondary N) is 1. The van der Waals surface area contributed by atoms with Crippen molar-refractivity contribution in [2.45, 2.75) is 6.42 Å². The first-order valence-electron chi connectivity index (χ1n) is 7.83. The number of thiophene rings is 1. The van der Waals surface area contributed by atoms with Gasteiger partial charge >= 0.3 is 0 Å². The summed E-state index contributed by atoms with van der Waals surface area (Å²) in [7, 11) is 0. The van der Waals surface area contributed by atoms with Crippen LogP contribution < -0.4 is 5.32 Å². The van der Waals surface area contributed by atoms with E-state index in [0.29, 0.717) is 0 Å². The lowest BCUT2D eigenvalue weighted by molar-refractivity contribution is -0.124. The molecule has 3 rings (SSSR count). The molecule has 0 bridgehead atoms. The Bertz CT molecular complexity index is 865. The quantitative estimate of drug-likeness (QED) is 0.769. The molecule has 1 N–H and O–H groups in total. The topological polar surface area (TPSA) is 66.5 Å². The van der Waals surface area contributed by atoms with E-state index in [-0.39, 0.29) is 35.9 Å². The fourth-order valence-electron chi connectivity index (χ4n) is 2.37. The Labute approximate surface area is 157 Å². The molecule has 1 fully saturated rings. The third kappa shape index (κ3) is 4.39. The maximum atomic E-state index is 13.7. The standard InChI is InChI=1S/C18H15FN2O3S2/c19-14-6-2-1-4-12(14)10-15-17(23)21(18(24)26-15)8-7-20-16(22)11-13-5-3-9-25-13/h1-6,9-10H,7-8,11H2,(H,20,22). The summed E-state index contributed by atoms with van der Waals surface area (Å²) in [6.45, 7) is 0.255. The van der Waals surface area contributed by atoms with E-state index >= 15 is 0 Å². The summed E-state index contributed by atoms with van der Waals surface area (Å²) in [6, 6.07) is 9.77. The van der Waals surface area contributed by atoms with Crippen LogP contribution in [0.25, 0.3) is 6.08 Å². The molecule has 0 radical (unpaired) electrons. The van der Waals surface area contributed by atoms with Crippen LogP contribution >= 0.6 is 23.1 Å². The van der Waals surface area contributed by atoms with Crippen molar-refractivity contribution in [3.8, 4) is 0 Å². The lowest BCUT2D eigenvalue weighted by Crippen LogP contribution is -2.37. The number of halogens is 1. The lowest BCUT2D eigenvalue weighted by atomic mass is 10.2. The Balaban J connectivity index is 1.56. The number of hydrogen-bond donors (Lipinski definition) is 1. The normalized spacial score (nSPS) is 15.7. The molecular weight excluding hydrogens is 375 g/mol. The average molecular weight is 390 g/mol. The predicted octanol–water partition coefficient (Wildman–Crippen LogP) is 3.28. The van der Waals surface area contributed by atoms with Crippen molar-refractivity contribution in [3.05, 3.63) is 62.9 Å². The first-order chi connectivity index (χ1) is 12.5. The molecule has 0 atom stereocenters. The third-order valence-electron chi connectivity index (χ3n) is 3.64. The Kier molecular flexibility index (Phi) is 5.85. The molecule has 1 saturated heterocycles. The molecule has 2 aromatic rings. The lowest BCUT2D eigenvalue weighted by Gasteiger charge is -2.12. The van der Waals surface area contributed by atoms with Crippen LogP contribution in [0.3, 0.4) is 0 Å². The van der Waals surface area contributed by atoms with Crippen molar-refractivity contribution in [1.82, 2.24) is 10.2 Å². The molecule has 0 saturated carbocycles. The number of amides is 3. The van der Waals surface area contributed by atoms with Gasteiger partial charge in [-0.2, -0.15) is 0 Å². The number of hydrogen-bond acceptors (Lipinski definition) is 5. The van der Waals surface area contributed by atoms with Gasteiger partial charge in [0.15, 0.2) is 0 Å². The van der Waals surface area contributed by atoms with Crippen LogP contribution in [0.2, 0.25) is 0 Å². The fourth-order valence-corrected chi connectivity index (χ4v) is 3.93. The van der Waals surface area contributed by atoms with Gasteiger partial charge in [-0.3, -0.25) is 19.3 Å². The second-order valence-electron chi connectivity index (χ2n) is 5.46. The molecule has 8 heteroatoms. The fraction of sp³-hybridized carbons (Fsp3) is 0.167. The van der Waals surface area contributed by atoms with E-state index in [1.54, 1.807) is 12.1 Å². The van der Waals surface area contributed by atoms with Crippen LogP contribution in [0.5, 0.6) is 0 Å². The monoisotopic (exact) mass is 390 g/mol. The predicted molar refractivity (Wildman–Crippen MR) is 100 cm³/mol. The van der Waals surface area contributed by atoms with Gasteiger partial charge in [0.1, 0.15) is 5.82 Å². The molecule has 0 spiro atoms. The Morgan fingerprint density at radius 3 is 2.73 bits per heavy atom. The minimum atomic E-state index is -0.476. The number of imide groups is 1. The van der Waals surface area contributed by atoms with E-state index in [1.165, 1.54) is 29.5 Å². The molecule has 1 aliphatic rings. The maximum Gasteiger partial charge on any atom is 0.293 e. The van der Waals surface area contributed by atoms with Crippen LogP contribution in [0.15, 0.2) is 46.7 Å². The highest BCUT2D eigenvalue weighted by molar-refractivity contribution is 8.18. The van der Waals surface area contributed by atoms with E-state index in [9.17, 15) is 18.8 Å². The van der Waals surface area contributed by atoms with Gasteiger partial charge in [-0.15, -0.1) is 11.3 Å². The highest BCUT2D eigenvalue weighted by atomic mass is 32.2. The van der Waals surface area contributed by atoms with E-state index in [1.807, 2.05) is 17.5 Å². The second kappa shape index (κ2) is 8.29. The van der Waals surface area contributed by atoms with Gasteiger partial charge in [0, 0.05) is 23.5 Å². The van der Waals surface area contributed by atoms with Gasteiger partial charge < -0.3 is 5.32 Å². The molecule has 1 aromatic carbocycles. The van der Waals surface area contributed by atoms with Gasteiger partial charge in [0.05, 0.1) is 11.3 Å². The van der Waals surface area contributed by atoms with Crippen LogP contribution in [0.4, 0.5) is 9.18 Å². The van der Waals surface area contributed by atoms with E-state index < -0.39 is 17.0 Å². The number of carbonyl (C=O) groups is 3. The highest BCUT2D eigenvalue weighted by Gasteiger charge is 2.34. The highest BCUT2D eigenvalue weighted by Crippen LogP contribution is 2.32. The van der Waals surface area contributed by atoms with E-state index in [2.05, 4.69) is 5.32 Å². The summed E-state index contributed by atoms with van der Waals surface area (Å²) in [4.78, 5) is 38.4. The summed E-state index contributed by atoms with van der Waals surface area (Å²) in [5.41, 5.74) is 0.252. The number of rotatable bonds is 6. The van der Waals surface area contributed by atoms with E-state index in [4.69, 9.17) is 0 Å². The minimum absolute atomic E-state index is 0.0788. The van der Waals surface area contributed by atoms with Crippen LogP contribution in [-0.2, 0) is 16.0 Å². The summed E-state index contributed by atoms with van der Waals surface area (Å²) < 4.78 is 13.7. The van der Waals surface area contributed by atoms with Crippen LogP contribution in [0, 0.1) is 5.82 Å². The smallest absolute Gasteiger partial charge is 0.293 e. The molecule has 1 aromatic heterocycles. The van der Waals surface area contributed by atoms with Crippen LogP contribution in [0.1, 0.15) is 10.4 Å². The van der Waals surface area contributed by atoms with Crippen molar-refractivity contribution in [2.75, 3.05) is 13.1 Å². The molecule has 1 aliphatic heterocycles. The van der Waals surface area contributed by atoms with E-state index in [0.717, 1.165) is 21.5 Å². The summed E-state index contributed by atoms with van der Waals surface area (Å²) >= 11 is 2.26. The number of nitrogens with zero attached hydrogens (tertiary/aromatic N) is 1. The maximum absolute atomic E-state index is 13.7. The zero-order chi connectivity index (χ0) is 18.5. The molecule has 5 nitrogen and oxygen atoms in total. The summed E-state index contributed by atoms with van der Waals surface area (Å²) in [6.07, 6.45) is 1.64. The van der Waals surface area contributed by atoms with Gasteiger partial charge in [0.25, 0.3) is 11.1 Å². The van der Waals surface area contributed by atoms with Crippen molar-refractivity contribution in [2.24, 2.45) is 0 Å². The molecule has 134 valence electrons. The number of thioether (sulfide) groups is 1. The zero-order valence-electron chi connectivity index (χ0n) is 13.6. The Morgan fingerprint density at radius 2 is 2.00 bits per heavy atom. The van der Waals surface area contributed by atoms with Gasteiger partial charge in [-0.25, -0.2) is 4.39 Å². The third-order valence-corrected chi connectivity index (χ3v) is 5.42. The molecule has 2 heterocycles.